The molecule has 2 aromatic carbocycles. The van der Waals surface area contributed by atoms with E-state index in [0.29, 0.717) is 23.7 Å². The number of benzene rings is 2. The fourth-order valence-corrected chi connectivity index (χ4v) is 2.94. The third kappa shape index (κ3) is 2.23. The van der Waals surface area contributed by atoms with Crippen molar-refractivity contribution in [1.29, 1.82) is 0 Å². The average molecular weight is 355 g/mol. The molecule has 2 heterocycles. The maximum atomic E-state index is 12.4. The largest absolute Gasteiger partial charge is 0.438 e. The third-order valence-electron chi connectivity index (χ3n) is 3.62. The summed E-state index contributed by atoms with van der Waals surface area (Å²) in [4.78, 5) is 19.7. The smallest absolute Gasteiger partial charge is 0.258 e. The van der Waals surface area contributed by atoms with Crippen LogP contribution in [0.25, 0.3) is 11.4 Å². The van der Waals surface area contributed by atoms with Gasteiger partial charge in [0, 0.05) is 22.0 Å². The standard InChI is InChI=1S/C17H11BrN2O2/c18-12-6-7-14-11(8-12)9-13-16(21)19-15(20-17(13)22-14)10-4-2-1-3-5-10/h1-8H,9H2,(H,19,20,21). The second-order valence-corrected chi connectivity index (χ2v) is 6.01. The fourth-order valence-electron chi connectivity index (χ4n) is 2.53. The quantitative estimate of drug-likeness (QED) is 0.564. The molecule has 0 saturated heterocycles. The molecule has 1 aliphatic heterocycles. The van der Waals surface area contributed by atoms with Crippen molar-refractivity contribution >= 4 is 15.9 Å². The zero-order valence-corrected chi connectivity index (χ0v) is 13.1. The van der Waals surface area contributed by atoms with E-state index >= 15 is 0 Å². The molecule has 1 N–H and O–H groups in total. The topological polar surface area (TPSA) is 55.0 Å². The maximum Gasteiger partial charge on any atom is 0.258 e. The minimum atomic E-state index is -0.158. The molecule has 22 heavy (non-hydrogen) atoms. The molecule has 5 heteroatoms. The Morgan fingerprint density at radius 2 is 1.95 bits per heavy atom. The second kappa shape index (κ2) is 5.10. The van der Waals surface area contributed by atoms with E-state index in [9.17, 15) is 4.79 Å². The van der Waals surface area contributed by atoms with Crippen LogP contribution in [0.3, 0.4) is 0 Å². The first-order valence-electron chi connectivity index (χ1n) is 6.85. The lowest BCUT2D eigenvalue weighted by atomic mass is 10.0. The highest BCUT2D eigenvalue weighted by atomic mass is 79.9. The SMILES string of the molecule is O=c1[nH]c(-c2ccccc2)nc2c1Cc1cc(Br)ccc1O2. The Labute approximate surface area is 134 Å². The number of halogens is 1. The van der Waals surface area contributed by atoms with Crippen LogP contribution in [0.5, 0.6) is 11.6 Å². The van der Waals surface area contributed by atoms with Crippen LogP contribution in [-0.2, 0) is 6.42 Å². The predicted octanol–water partition coefficient (Wildman–Crippen LogP) is 3.90. The van der Waals surface area contributed by atoms with Crippen molar-refractivity contribution in [2.45, 2.75) is 6.42 Å². The fraction of sp³-hybridized carbons (Fsp3) is 0.0588. The molecule has 0 bridgehead atoms. The summed E-state index contributed by atoms with van der Waals surface area (Å²) in [5.74, 6) is 1.65. The van der Waals surface area contributed by atoms with Gasteiger partial charge in [0.2, 0.25) is 5.88 Å². The normalized spacial score (nSPS) is 12.2. The number of aromatic amines is 1. The lowest BCUT2D eigenvalue weighted by molar-refractivity contribution is 0.438. The lowest BCUT2D eigenvalue weighted by Gasteiger charge is -2.19. The van der Waals surface area contributed by atoms with Crippen molar-refractivity contribution in [1.82, 2.24) is 9.97 Å². The van der Waals surface area contributed by atoms with Crippen molar-refractivity contribution in [2.75, 3.05) is 0 Å². The monoisotopic (exact) mass is 354 g/mol. The van der Waals surface area contributed by atoms with Crippen molar-refractivity contribution < 1.29 is 4.74 Å². The molecular weight excluding hydrogens is 344 g/mol. The molecule has 4 nitrogen and oxygen atoms in total. The summed E-state index contributed by atoms with van der Waals surface area (Å²) >= 11 is 3.43. The molecule has 0 spiro atoms. The number of hydrogen-bond donors (Lipinski definition) is 1. The molecule has 0 fully saturated rings. The molecule has 1 aliphatic rings. The van der Waals surface area contributed by atoms with E-state index in [1.165, 1.54) is 0 Å². The first kappa shape index (κ1) is 13.3. The zero-order valence-electron chi connectivity index (χ0n) is 11.5. The van der Waals surface area contributed by atoms with Crippen LogP contribution >= 0.6 is 15.9 Å². The van der Waals surface area contributed by atoms with Crippen LogP contribution in [0.15, 0.2) is 57.8 Å². The molecule has 108 valence electrons. The van der Waals surface area contributed by atoms with Gasteiger partial charge in [0.15, 0.2) is 0 Å². The third-order valence-corrected chi connectivity index (χ3v) is 4.11. The van der Waals surface area contributed by atoms with Crippen molar-refractivity contribution in [3.63, 3.8) is 0 Å². The molecule has 0 saturated carbocycles. The van der Waals surface area contributed by atoms with Crippen LogP contribution < -0.4 is 10.3 Å². The van der Waals surface area contributed by atoms with Crippen LogP contribution in [0.4, 0.5) is 0 Å². The van der Waals surface area contributed by atoms with Gasteiger partial charge < -0.3 is 9.72 Å². The predicted molar refractivity (Wildman–Crippen MR) is 87.3 cm³/mol. The number of aromatic nitrogens is 2. The van der Waals surface area contributed by atoms with E-state index < -0.39 is 0 Å². The van der Waals surface area contributed by atoms with Crippen LogP contribution in [0.1, 0.15) is 11.1 Å². The Morgan fingerprint density at radius 1 is 1.14 bits per heavy atom. The lowest BCUT2D eigenvalue weighted by Crippen LogP contribution is -2.20. The summed E-state index contributed by atoms with van der Waals surface area (Å²) in [6.45, 7) is 0. The van der Waals surface area contributed by atoms with Crippen LogP contribution in [-0.4, -0.2) is 9.97 Å². The van der Waals surface area contributed by atoms with E-state index in [2.05, 4.69) is 25.9 Å². The van der Waals surface area contributed by atoms with Gasteiger partial charge in [-0.2, -0.15) is 4.98 Å². The van der Waals surface area contributed by atoms with Gasteiger partial charge in [0.1, 0.15) is 11.6 Å². The number of hydrogen-bond acceptors (Lipinski definition) is 3. The zero-order chi connectivity index (χ0) is 15.1. The Morgan fingerprint density at radius 3 is 2.77 bits per heavy atom. The summed E-state index contributed by atoms with van der Waals surface area (Å²) in [5, 5.41) is 0. The molecular formula is C17H11BrN2O2. The molecule has 4 rings (SSSR count). The molecule has 3 aromatic rings. The van der Waals surface area contributed by atoms with Gasteiger partial charge in [-0.05, 0) is 18.2 Å². The summed E-state index contributed by atoms with van der Waals surface area (Å²) < 4.78 is 6.79. The Kier molecular flexibility index (Phi) is 3.08. The van der Waals surface area contributed by atoms with Crippen molar-refractivity contribution in [3.8, 4) is 23.0 Å². The number of ether oxygens (including phenoxy) is 1. The van der Waals surface area contributed by atoms with E-state index in [4.69, 9.17) is 4.74 Å². The van der Waals surface area contributed by atoms with Gasteiger partial charge in [-0.15, -0.1) is 0 Å². The van der Waals surface area contributed by atoms with E-state index in [1.807, 2.05) is 48.5 Å². The number of nitrogens with one attached hydrogen (secondary N) is 1. The summed E-state index contributed by atoms with van der Waals surface area (Å²) in [7, 11) is 0. The van der Waals surface area contributed by atoms with Gasteiger partial charge in [-0.25, -0.2) is 0 Å². The summed E-state index contributed by atoms with van der Waals surface area (Å²) in [6.07, 6.45) is 0.515. The van der Waals surface area contributed by atoms with Gasteiger partial charge in [0.05, 0.1) is 5.56 Å². The highest BCUT2D eigenvalue weighted by molar-refractivity contribution is 9.10. The maximum absolute atomic E-state index is 12.4. The molecule has 0 amide bonds. The van der Waals surface area contributed by atoms with Crippen LogP contribution in [0, 0.1) is 0 Å². The second-order valence-electron chi connectivity index (χ2n) is 5.10. The van der Waals surface area contributed by atoms with E-state index in [1.54, 1.807) is 0 Å². The molecule has 0 aliphatic carbocycles. The minimum Gasteiger partial charge on any atom is -0.438 e. The van der Waals surface area contributed by atoms with E-state index in [-0.39, 0.29) is 5.56 Å². The van der Waals surface area contributed by atoms with Crippen molar-refractivity contribution in [2.24, 2.45) is 0 Å². The number of nitrogens with zero attached hydrogens (tertiary/aromatic N) is 1. The van der Waals surface area contributed by atoms with Crippen molar-refractivity contribution in [3.05, 3.63) is 74.5 Å². The van der Waals surface area contributed by atoms with Crippen LogP contribution in [0.2, 0.25) is 0 Å². The Bertz CT molecular complexity index is 920. The molecule has 1 aromatic heterocycles. The first-order valence-corrected chi connectivity index (χ1v) is 7.65. The molecule has 0 radical (unpaired) electrons. The number of H-pyrrole nitrogens is 1. The Hall–Kier alpha value is -2.40. The first-order chi connectivity index (χ1) is 10.7. The highest BCUT2D eigenvalue weighted by Gasteiger charge is 2.22. The summed E-state index contributed by atoms with van der Waals surface area (Å²) in [6, 6.07) is 15.3. The molecule has 0 atom stereocenters. The van der Waals surface area contributed by atoms with Gasteiger partial charge in [-0.3, -0.25) is 4.79 Å². The van der Waals surface area contributed by atoms with Gasteiger partial charge in [-0.1, -0.05) is 46.3 Å². The summed E-state index contributed by atoms with van der Waals surface area (Å²) in [5.41, 5.74) is 2.23. The average Bonchev–Trinajstić information content (AvgIpc) is 2.54. The van der Waals surface area contributed by atoms with E-state index in [0.717, 1.165) is 21.3 Å². The number of rotatable bonds is 1. The highest BCUT2D eigenvalue weighted by Crippen LogP contribution is 2.35. The molecule has 0 unspecified atom stereocenters. The van der Waals surface area contributed by atoms with Gasteiger partial charge >= 0.3 is 0 Å². The number of fused-ring (bicyclic) bond motifs is 2. The minimum absolute atomic E-state index is 0.158. The Balaban J connectivity index is 1.83. The van der Waals surface area contributed by atoms with Gasteiger partial charge in [0.25, 0.3) is 5.56 Å².